The Balaban J connectivity index is 1.51. The van der Waals surface area contributed by atoms with Crippen LogP contribution in [0.4, 0.5) is 0 Å². The van der Waals surface area contributed by atoms with Gasteiger partial charge in [-0.3, -0.25) is 9.69 Å². The molecule has 0 fully saturated rings. The minimum atomic E-state index is -0.723. The number of ether oxygens (including phenoxy) is 3. The standard InChI is InChI=1S/C27H29N3O5S/c1-4-12-30(14-19(31)16-35-20-8-6-5-7-9-20)15-24-28-26(32)25-21(17-36-27(25)29-24)18-10-11-22(33-2)23(13-18)34-3/h4-11,13,17,19,31H,1,12,14-16H2,2-3H3,(H,28,29,32)/t19-/m1/s1. The Kier molecular flexibility index (Phi) is 8.37. The minimum Gasteiger partial charge on any atom is -0.493 e. The Morgan fingerprint density at radius 2 is 1.94 bits per heavy atom. The number of aromatic nitrogens is 2. The summed E-state index contributed by atoms with van der Waals surface area (Å²) in [6, 6.07) is 14.9. The molecule has 8 nitrogen and oxygen atoms in total. The van der Waals surface area contributed by atoms with Crippen molar-refractivity contribution in [2.24, 2.45) is 0 Å². The van der Waals surface area contributed by atoms with E-state index in [1.807, 2.05) is 58.8 Å². The van der Waals surface area contributed by atoms with Gasteiger partial charge in [0.25, 0.3) is 5.56 Å². The Bertz CT molecular complexity index is 1370. The molecule has 4 rings (SSSR count). The van der Waals surface area contributed by atoms with Crippen LogP contribution in [0.15, 0.2) is 71.4 Å². The summed E-state index contributed by atoms with van der Waals surface area (Å²) in [4.78, 5) is 23.3. The molecular weight excluding hydrogens is 478 g/mol. The van der Waals surface area contributed by atoms with Crippen molar-refractivity contribution in [1.29, 1.82) is 0 Å². The van der Waals surface area contributed by atoms with E-state index >= 15 is 0 Å². The normalized spacial score (nSPS) is 12.0. The van der Waals surface area contributed by atoms with Crippen LogP contribution in [-0.2, 0) is 6.54 Å². The first kappa shape index (κ1) is 25.4. The van der Waals surface area contributed by atoms with Crippen molar-refractivity contribution in [2.75, 3.05) is 33.9 Å². The molecule has 0 unspecified atom stereocenters. The summed E-state index contributed by atoms with van der Waals surface area (Å²) in [5, 5.41) is 13.0. The summed E-state index contributed by atoms with van der Waals surface area (Å²) >= 11 is 1.41. The third-order valence-electron chi connectivity index (χ3n) is 5.60. The average molecular weight is 508 g/mol. The summed E-state index contributed by atoms with van der Waals surface area (Å²) in [5.41, 5.74) is 1.41. The number of fused-ring (bicyclic) bond motifs is 1. The average Bonchev–Trinajstić information content (AvgIpc) is 3.32. The SMILES string of the molecule is C=CCN(Cc1nc2scc(-c3ccc(OC)c(OC)c3)c2c(=O)[nH]1)C[C@@H](O)COc1ccccc1. The molecule has 0 bridgehead atoms. The van der Waals surface area contributed by atoms with Crippen molar-refractivity contribution < 1.29 is 19.3 Å². The molecule has 0 aliphatic heterocycles. The number of aliphatic hydroxyl groups excluding tert-OH is 1. The van der Waals surface area contributed by atoms with Crippen LogP contribution in [0, 0.1) is 0 Å². The van der Waals surface area contributed by atoms with Gasteiger partial charge in [0.2, 0.25) is 0 Å². The van der Waals surface area contributed by atoms with Gasteiger partial charge in [-0.1, -0.05) is 30.3 Å². The van der Waals surface area contributed by atoms with E-state index < -0.39 is 6.10 Å². The number of benzene rings is 2. The maximum atomic E-state index is 13.1. The molecule has 0 saturated carbocycles. The quantitative estimate of drug-likeness (QED) is 0.279. The number of hydrogen-bond donors (Lipinski definition) is 2. The van der Waals surface area contributed by atoms with E-state index in [2.05, 4.69) is 11.6 Å². The summed E-state index contributed by atoms with van der Waals surface area (Å²) in [6.07, 6.45) is 1.03. The molecule has 0 amide bonds. The van der Waals surface area contributed by atoms with Crippen molar-refractivity contribution in [3.8, 4) is 28.4 Å². The second-order valence-electron chi connectivity index (χ2n) is 8.17. The van der Waals surface area contributed by atoms with Crippen molar-refractivity contribution in [3.05, 3.63) is 82.7 Å². The maximum absolute atomic E-state index is 13.1. The molecule has 2 heterocycles. The Labute approximate surface area is 213 Å². The zero-order chi connectivity index (χ0) is 25.5. The van der Waals surface area contributed by atoms with E-state index in [-0.39, 0.29) is 12.2 Å². The van der Waals surface area contributed by atoms with Crippen LogP contribution in [0.25, 0.3) is 21.3 Å². The van der Waals surface area contributed by atoms with Crippen molar-refractivity contribution in [3.63, 3.8) is 0 Å². The smallest absolute Gasteiger partial charge is 0.260 e. The molecule has 1 atom stereocenters. The molecule has 2 aromatic carbocycles. The largest absolute Gasteiger partial charge is 0.493 e. The third-order valence-corrected chi connectivity index (χ3v) is 6.47. The molecule has 4 aromatic rings. The van der Waals surface area contributed by atoms with Gasteiger partial charge in [-0.15, -0.1) is 17.9 Å². The highest BCUT2D eigenvalue weighted by atomic mass is 32.1. The van der Waals surface area contributed by atoms with Gasteiger partial charge in [0.1, 0.15) is 29.1 Å². The van der Waals surface area contributed by atoms with Gasteiger partial charge in [-0.05, 0) is 29.8 Å². The van der Waals surface area contributed by atoms with Gasteiger partial charge in [-0.25, -0.2) is 4.98 Å². The molecule has 0 aliphatic rings. The molecule has 36 heavy (non-hydrogen) atoms. The summed E-state index contributed by atoms with van der Waals surface area (Å²) < 4.78 is 16.4. The van der Waals surface area contributed by atoms with Crippen molar-refractivity contribution in [1.82, 2.24) is 14.9 Å². The predicted molar refractivity (Wildman–Crippen MR) is 142 cm³/mol. The predicted octanol–water partition coefficient (Wildman–Crippen LogP) is 4.10. The van der Waals surface area contributed by atoms with Crippen molar-refractivity contribution >= 4 is 21.6 Å². The van der Waals surface area contributed by atoms with E-state index in [1.54, 1.807) is 20.3 Å². The lowest BCUT2D eigenvalue weighted by molar-refractivity contribution is 0.0689. The number of hydrogen-bond acceptors (Lipinski definition) is 8. The molecule has 0 radical (unpaired) electrons. The lowest BCUT2D eigenvalue weighted by Crippen LogP contribution is -2.36. The second kappa shape index (κ2) is 11.9. The number of para-hydroxylation sites is 1. The van der Waals surface area contributed by atoms with Crippen LogP contribution in [0.5, 0.6) is 17.2 Å². The molecule has 2 aromatic heterocycles. The van der Waals surface area contributed by atoms with Gasteiger partial charge >= 0.3 is 0 Å². The Morgan fingerprint density at radius 3 is 2.67 bits per heavy atom. The molecular formula is C27H29N3O5S. The molecule has 0 saturated heterocycles. The van der Waals surface area contributed by atoms with E-state index in [1.165, 1.54) is 11.3 Å². The van der Waals surface area contributed by atoms with Crippen LogP contribution in [-0.4, -0.2) is 60.0 Å². The highest BCUT2D eigenvalue weighted by Crippen LogP contribution is 2.36. The van der Waals surface area contributed by atoms with Crippen LogP contribution in [0.1, 0.15) is 5.82 Å². The van der Waals surface area contributed by atoms with Gasteiger partial charge in [0.05, 0.1) is 26.2 Å². The zero-order valence-electron chi connectivity index (χ0n) is 20.3. The van der Waals surface area contributed by atoms with Gasteiger partial charge in [0, 0.05) is 24.0 Å². The molecule has 0 aliphatic carbocycles. The fourth-order valence-corrected chi connectivity index (χ4v) is 4.91. The first-order valence-corrected chi connectivity index (χ1v) is 12.3. The van der Waals surface area contributed by atoms with Crippen LogP contribution in [0.2, 0.25) is 0 Å². The lowest BCUT2D eigenvalue weighted by atomic mass is 10.1. The topological polar surface area (TPSA) is 96.9 Å². The molecule has 0 spiro atoms. The number of H-pyrrole nitrogens is 1. The minimum absolute atomic E-state index is 0.153. The third kappa shape index (κ3) is 5.93. The number of rotatable bonds is 12. The number of aliphatic hydroxyl groups is 1. The van der Waals surface area contributed by atoms with Crippen LogP contribution < -0.4 is 19.8 Å². The highest BCUT2D eigenvalue weighted by Gasteiger charge is 2.17. The summed E-state index contributed by atoms with van der Waals surface area (Å²) in [6.45, 7) is 5.17. The van der Waals surface area contributed by atoms with Gasteiger partial charge in [-0.2, -0.15) is 0 Å². The number of nitrogens with zero attached hydrogens (tertiary/aromatic N) is 2. The van der Waals surface area contributed by atoms with Crippen LogP contribution in [0.3, 0.4) is 0 Å². The van der Waals surface area contributed by atoms with E-state index in [0.717, 1.165) is 11.1 Å². The monoisotopic (exact) mass is 507 g/mol. The fraction of sp³-hybridized carbons (Fsp3) is 0.259. The first-order chi connectivity index (χ1) is 17.5. The van der Waals surface area contributed by atoms with E-state index in [0.29, 0.717) is 52.9 Å². The maximum Gasteiger partial charge on any atom is 0.260 e. The van der Waals surface area contributed by atoms with E-state index in [9.17, 15) is 9.90 Å². The lowest BCUT2D eigenvalue weighted by Gasteiger charge is -2.23. The highest BCUT2D eigenvalue weighted by molar-refractivity contribution is 7.17. The fourth-order valence-electron chi connectivity index (χ4n) is 3.94. The van der Waals surface area contributed by atoms with E-state index in [4.69, 9.17) is 19.2 Å². The van der Waals surface area contributed by atoms with Crippen molar-refractivity contribution in [2.45, 2.75) is 12.6 Å². The zero-order valence-corrected chi connectivity index (χ0v) is 21.1. The Morgan fingerprint density at radius 1 is 1.17 bits per heavy atom. The molecule has 2 N–H and O–H groups in total. The number of thiophene rings is 1. The Hall–Kier alpha value is -3.66. The summed E-state index contributed by atoms with van der Waals surface area (Å²) in [5.74, 6) is 2.43. The molecule has 9 heteroatoms. The molecule has 188 valence electrons. The first-order valence-electron chi connectivity index (χ1n) is 11.4. The van der Waals surface area contributed by atoms with Gasteiger partial charge < -0.3 is 24.3 Å². The number of nitrogens with one attached hydrogen (secondary N) is 1. The van der Waals surface area contributed by atoms with Gasteiger partial charge in [0.15, 0.2) is 11.5 Å². The number of aromatic amines is 1. The van der Waals surface area contributed by atoms with Crippen LogP contribution >= 0.6 is 11.3 Å². The number of methoxy groups -OCH3 is 2. The summed E-state index contributed by atoms with van der Waals surface area (Å²) in [7, 11) is 3.16. The second-order valence-corrected chi connectivity index (χ2v) is 9.03.